The molecule has 0 N–H and O–H groups in total. The Balaban J connectivity index is 3.20. The lowest BCUT2D eigenvalue weighted by atomic mass is 10.1. The maximum atomic E-state index is 12.6. The van der Waals surface area contributed by atoms with Crippen LogP contribution < -0.4 is 0 Å². The zero-order chi connectivity index (χ0) is 13.9. The van der Waals surface area contributed by atoms with Crippen LogP contribution in [0, 0.1) is 0 Å². The molecule has 0 saturated heterocycles. The second kappa shape index (κ2) is 5.69. The number of rotatable bonds is 4. The summed E-state index contributed by atoms with van der Waals surface area (Å²) >= 11 is -0.634. The second-order valence-corrected chi connectivity index (χ2v) is 4.48. The summed E-state index contributed by atoms with van der Waals surface area (Å²) in [6.45, 7) is 1.54. The van der Waals surface area contributed by atoms with Crippen molar-refractivity contribution in [1.29, 1.82) is 0 Å². The lowest BCUT2D eigenvalue weighted by Crippen LogP contribution is -2.04. The number of carbonyl (C=O) groups is 1. The predicted molar refractivity (Wildman–Crippen MR) is 57.9 cm³/mol. The van der Waals surface area contributed by atoms with E-state index in [0.717, 1.165) is 18.2 Å². The van der Waals surface area contributed by atoms with Gasteiger partial charge in [-0.3, -0.25) is 4.79 Å². The third kappa shape index (κ3) is 3.97. The van der Waals surface area contributed by atoms with E-state index >= 15 is 0 Å². The predicted octanol–water partition coefficient (Wildman–Crippen LogP) is 4.83. The van der Waals surface area contributed by atoms with Crippen molar-refractivity contribution in [1.82, 2.24) is 0 Å². The van der Waals surface area contributed by atoms with Crippen LogP contribution in [0.15, 0.2) is 23.1 Å². The van der Waals surface area contributed by atoms with Gasteiger partial charge in [-0.05, 0) is 17.8 Å². The molecule has 0 aromatic heterocycles. The maximum Gasteiger partial charge on any atom is 0.446 e. The number of thioether (sulfide) groups is 1. The molecule has 0 aliphatic rings. The highest BCUT2D eigenvalue weighted by atomic mass is 32.2. The van der Waals surface area contributed by atoms with Crippen LogP contribution >= 0.6 is 11.8 Å². The Labute approximate surface area is 104 Å². The van der Waals surface area contributed by atoms with E-state index in [1.165, 1.54) is 0 Å². The van der Waals surface area contributed by atoms with Gasteiger partial charge in [-0.2, -0.15) is 13.2 Å². The molecule has 0 fully saturated rings. The summed E-state index contributed by atoms with van der Waals surface area (Å²) in [7, 11) is 0. The SMILES string of the molecule is CCC(=O)c1ccc(C(F)F)c(SC(F)(F)F)c1. The summed E-state index contributed by atoms with van der Waals surface area (Å²) in [6.07, 6.45) is -2.91. The van der Waals surface area contributed by atoms with E-state index < -0.39 is 34.2 Å². The smallest absolute Gasteiger partial charge is 0.294 e. The summed E-state index contributed by atoms with van der Waals surface area (Å²) in [6, 6.07) is 2.85. The molecule has 18 heavy (non-hydrogen) atoms. The first-order chi connectivity index (χ1) is 8.24. The van der Waals surface area contributed by atoms with E-state index in [1.807, 2.05) is 0 Å². The number of Topliss-reactive ketones (excluding diaryl/α,β-unsaturated/α-hetero) is 1. The summed E-state index contributed by atoms with van der Waals surface area (Å²) in [4.78, 5) is 10.7. The minimum Gasteiger partial charge on any atom is -0.294 e. The van der Waals surface area contributed by atoms with Crippen molar-refractivity contribution in [3.05, 3.63) is 29.3 Å². The minimum absolute atomic E-state index is 0.00801. The molecule has 0 aliphatic carbocycles. The van der Waals surface area contributed by atoms with Gasteiger partial charge in [-0.1, -0.05) is 19.1 Å². The van der Waals surface area contributed by atoms with Gasteiger partial charge in [0, 0.05) is 22.4 Å². The van der Waals surface area contributed by atoms with Gasteiger partial charge in [0.05, 0.1) is 0 Å². The number of ketones is 1. The van der Waals surface area contributed by atoms with Crippen LogP contribution in [0.2, 0.25) is 0 Å². The maximum absolute atomic E-state index is 12.6. The standard InChI is InChI=1S/C11H9F5OS/c1-2-8(17)6-3-4-7(10(12)13)9(5-6)18-11(14,15)16/h3-5,10H,2H2,1H3. The average Bonchev–Trinajstić information content (AvgIpc) is 2.25. The fraction of sp³-hybridized carbons (Fsp3) is 0.364. The Hall–Kier alpha value is -1.11. The van der Waals surface area contributed by atoms with Crippen LogP contribution in [-0.2, 0) is 0 Å². The largest absolute Gasteiger partial charge is 0.446 e. The summed E-state index contributed by atoms with van der Waals surface area (Å²) in [5, 5.41) is 0. The number of hydrogen-bond acceptors (Lipinski definition) is 2. The number of benzene rings is 1. The molecule has 1 nitrogen and oxygen atoms in total. The monoisotopic (exact) mass is 284 g/mol. The van der Waals surface area contributed by atoms with Gasteiger partial charge < -0.3 is 0 Å². The number of halogens is 5. The van der Waals surface area contributed by atoms with Gasteiger partial charge in [-0.15, -0.1) is 0 Å². The summed E-state index contributed by atoms with van der Waals surface area (Å²) < 4.78 is 61.8. The minimum atomic E-state index is -4.67. The Morgan fingerprint density at radius 3 is 2.39 bits per heavy atom. The fourth-order valence-electron chi connectivity index (χ4n) is 1.31. The summed E-state index contributed by atoms with van der Waals surface area (Å²) in [5.74, 6) is -0.389. The van der Waals surface area contributed by atoms with Gasteiger partial charge in [0.1, 0.15) is 0 Å². The topological polar surface area (TPSA) is 17.1 Å². The molecule has 0 saturated carbocycles. The van der Waals surface area contributed by atoms with Crippen molar-refractivity contribution in [3.63, 3.8) is 0 Å². The highest BCUT2D eigenvalue weighted by molar-refractivity contribution is 8.00. The first-order valence-corrected chi connectivity index (χ1v) is 5.77. The van der Waals surface area contributed by atoms with Crippen molar-refractivity contribution in [2.75, 3.05) is 0 Å². The van der Waals surface area contributed by atoms with Gasteiger partial charge in [0.15, 0.2) is 5.78 Å². The lowest BCUT2D eigenvalue weighted by molar-refractivity contribution is -0.0329. The van der Waals surface area contributed by atoms with E-state index in [1.54, 1.807) is 6.92 Å². The van der Waals surface area contributed by atoms with Crippen LogP contribution in [0.4, 0.5) is 22.0 Å². The molecular weight excluding hydrogens is 275 g/mol. The Morgan fingerprint density at radius 1 is 1.33 bits per heavy atom. The Kier molecular flexibility index (Phi) is 4.72. The van der Waals surface area contributed by atoms with E-state index in [4.69, 9.17) is 0 Å². The molecule has 0 spiro atoms. The van der Waals surface area contributed by atoms with Crippen LogP contribution in [0.25, 0.3) is 0 Å². The zero-order valence-corrected chi connectivity index (χ0v) is 10.0. The third-order valence-corrected chi connectivity index (χ3v) is 2.92. The van der Waals surface area contributed by atoms with E-state index in [9.17, 15) is 26.7 Å². The molecule has 1 rings (SSSR count). The van der Waals surface area contributed by atoms with Crippen molar-refractivity contribution in [3.8, 4) is 0 Å². The molecule has 0 unspecified atom stereocenters. The van der Waals surface area contributed by atoms with Gasteiger partial charge >= 0.3 is 5.51 Å². The van der Waals surface area contributed by atoms with Crippen LogP contribution in [0.3, 0.4) is 0 Å². The first kappa shape index (κ1) is 14.9. The first-order valence-electron chi connectivity index (χ1n) is 4.95. The van der Waals surface area contributed by atoms with Crippen LogP contribution in [0.5, 0.6) is 0 Å². The molecular formula is C11H9F5OS. The van der Waals surface area contributed by atoms with Crippen molar-refractivity contribution >= 4 is 17.5 Å². The Bertz CT molecular complexity index is 442. The molecule has 0 amide bonds. The highest BCUT2D eigenvalue weighted by Gasteiger charge is 2.32. The molecule has 0 heterocycles. The molecule has 1 aromatic rings. The van der Waals surface area contributed by atoms with Crippen molar-refractivity contribution in [2.24, 2.45) is 0 Å². The molecule has 0 radical (unpaired) electrons. The molecule has 0 aliphatic heterocycles. The van der Waals surface area contributed by atoms with E-state index in [2.05, 4.69) is 0 Å². The zero-order valence-electron chi connectivity index (χ0n) is 9.22. The second-order valence-electron chi connectivity index (χ2n) is 3.38. The van der Waals surface area contributed by atoms with E-state index in [-0.39, 0.29) is 17.8 Å². The number of alkyl halides is 5. The molecule has 0 atom stereocenters. The van der Waals surface area contributed by atoms with Gasteiger partial charge in [0.2, 0.25) is 0 Å². The average molecular weight is 284 g/mol. The molecule has 100 valence electrons. The third-order valence-electron chi connectivity index (χ3n) is 2.12. The molecule has 1 aromatic carbocycles. The molecule has 7 heteroatoms. The van der Waals surface area contributed by atoms with Crippen LogP contribution in [0.1, 0.15) is 35.7 Å². The van der Waals surface area contributed by atoms with E-state index in [0.29, 0.717) is 0 Å². The molecule has 0 bridgehead atoms. The van der Waals surface area contributed by atoms with Crippen molar-refractivity contribution in [2.45, 2.75) is 30.2 Å². The lowest BCUT2D eigenvalue weighted by Gasteiger charge is -2.12. The normalized spacial score (nSPS) is 11.9. The fourth-order valence-corrected chi connectivity index (χ4v) is 2.02. The Morgan fingerprint density at radius 2 is 1.94 bits per heavy atom. The van der Waals surface area contributed by atoms with Crippen LogP contribution in [-0.4, -0.2) is 11.3 Å². The van der Waals surface area contributed by atoms with Gasteiger partial charge in [0.25, 0.3) is 6.43 Å². The number of hydrogen-bond donors (Lipinski definition) is 0. The van der Waals surface area contributed by atoms with Gasteiger partial charge in [-0.25, -0.2) is 8.78 Å². The van der Waals surface area contributed by atoms with Crippen molar-refractivity contribution < 1.29 is 26.7 Å². The summed E-state index contributed by atoms with van der Waals surface area (Å²) in [5.41, 5.74) is -5.38. The highest BCUT2D eigenvalue weighted by Crippen LogP contribution is 2.41. The number of carbonyl (C=O) groups excluding carboxylic acids is 1. The quantitative estimate of drug-likeness (QED) is 0.447.